The summed E-state index contributed by atoms with van der Waals surface area (Å²) >= 11 is 0. The van der Waals surface area contributed by atoms with E-state index in [1.165, 1.54) is 6.07 Å². The van der Waals surface area contributed by atoms with Crippen molar-refractivity contribution < 1.29 is 8.78 Å². The summed E-state index contributed by atoms with van der Waals surface area (Å²) in [5.74, 6) is -0.839. The Kier molecular flexibility index (Phi) is 2.91. The Bertz CT molecular complexity index is 495. The second-order valence-corrected chi connectivity index (χ2v) is 3.27. The standard InChI is InChI=1S/C10H10F2N4/c11-7-2-1-6(5-8(7)12)10-14-9(3-4-13)15-16-10/h1-2,5H,3-4,13H2,(H,14,15,16). The minimum Gasteiger partial charge on any atom is -0.330 e. The Labute approximate surface area is 90.5 Å². The van der Waals surface area contributed by atoms with Crippen LogP contribution in [0.1, 0.15) is 5.82 Å². The van der Waals surface area contributed by atoms with Crippen LogP contribution in [0.15, 0.2) is 18.2 Å². The molecule has 1 heterocycles. The first-order valence-electron chi connectivity index (χ1n) is 4.77. The third-order valence-electron chi connectivity index (χ3n) is 2.09. The lowest BCUT2D eigenvalue weighted by molar-refractivity contribution is 0.509. The SMILES string of the molecule is NCCc1nc(-c2ccc(F)c(F)c2)n[nH]1. The van der Waals surface area contributed by atoms with Gasteiger partial charge in [-0.1, -0.05) is 0 Å². The highest BCUT2D eigenvalue weighted by atomic mass is 19.2. The lowest BCUT2D eigenvalue weighted by Gasteiger charge is -1.96. The van der Waals surface area contributed by atoms with Gasteiger partial charge in [0.05, 0.1) is 0 Å². The highest BCUT2D eigenvalue weighted by molar-refractivity contribution is 5.54. The van der Waals surface area contributed by atoms with Gasteiger partial charge in [0.1, 0.15) is 5.82 Å². The first kappa shape index (κ1) is 10.7. The van der Waals surface area contributed by atoms with Crippen LogP contribution in [0.2, 0.25) is 0 Å². The van der Waals surface area contributed by atoms with Crippen molar-refractivity contribution >= 4 is 0 Å². The van der Waals surface area contributed by atoms with Crippen molar-refractivity contribution in [3.63, 3.8) is 0 Å². The molecule has 4 nitrogen and oxygen atoms in total. The summed E-state index contributed by atoms with van der Waals surface area (Å²) in [6.07, 6.45) is 0.566. The summed E-state index contributed by atoms with van der Waals surface area (Å²) < 4.78 is 25.7. The highest BCUT2D eigenvalue weighted by Crippen LogP contribution is 2.17. The molecule has 0 unspecified atom stereocenters. The number of aromatic amines is 1. The average molecular weight is 224 g/mol. The zero-order valence-corrected chi connectivity index (χ0v) is 8.37. The molecule has 0 spiro atoms. The van der Waals surface area contributed by atoms with Gasteiger partial charge in [0.15, 0.2) is 17.5 Å². The number of aromatic nitrogens is 3. The first-order valence-corrected chi connectivity index (χ1v) is 4.77. The minimum absolute atomic E-state index is 0.336. The molecule has 0 atom stereocenters. The Balaban J connectivity index is 2.31. The molecule has 0 aliphatic heterocycles. The van der Waals surface area contributed by atoms with Gasteiger partial charge in [0.2, 0.25) is 0 Å². The van der Waals surface area contributed by atoms with Crippen molar-refractivity contribution in [2.45, 2.75) is 6.42 Å². The fraction of sp³-hybridized carbons (Fsp3) is 0.200. The summed E-state index contributed by atoms with van der Waals surface area (Å²) in [5.41, 5.74) is 5.78. The molecule has 1 aromatic carbocycles. The average Bonchev–Trinajstić information content (AvgIpc) is 2.71. The van der Waals surface area contributed by atoms with Gasteiger partial charge in [-0.3, -0.25) is 5.10 Å². The van der Waals surface area contributed by atoms with Gasteiger partial charge in [0.25, 0.3) is 0 Å². The molecule has 0 amide bonds. The van der Waals surface area contributed by atoms with Crippen molar-refractivity contribution in [3.8, 4) is 11.4 Å². The molecule has 3 N–H and O–H groups in total. The maximum Gasteiger partial charge on any atom is 0.181 e. The van der Waals surface area contributed by atoms with Crippen LogP contribution in [0, 0.1) is 11.6 Å². The fourth-order valence-corrected chi connectivity index (χ4v) is 1.31. The third-order valence-corrected chi connectivity index (χ3v) is 2.09. The number of H-pyrrole nitrogens is 1. The molecule has 0 aliphatic rings. The van der Waals surface area contributed by atoms with Crippen LogP contribution < -0.4 is 5.73 Å². The van der Waals surface area contributed by atoms with Crippen LogP contribution in [0.4, 0.5) is 8.78 Å². The number of nitrogens with one attached hydrogen (secondary N) is 1. The first-order chi connectivity index (χ1) is 7.70. The number of nitrogens with two attached hydrogens (primary N) is 1. The highest BCUT2D eigenvalue weighted by Gasteiger charge is 2.08. The van der Waals surface area contributed by atoms with Gasteiger partial charge in [-0.25, -0.2) is 13.8 Å². The zero-order chi connectivity index (χ0) is 11.5. The number of benzene rings is 1. The van der Waals surface area contributed by atoms with Crippen LogP contribution >= 0.6 is 0 Å². The monoisotopic (exact) mass is 224 g/mol. The van der Waals surface area contributed by atoms with Crippen molar-refractivity contribution in [3.05, 3.63) is 35.7 Å². The summed E-state index contributed by atoms with van der Waals surface area (Å²) in [5, 5.41) is 6.58. The smallest absolute Gasteiger partial charge is 0.181 e. The van der Waals surface area contributed by atoms with E-state index in [-0.39, 0.29) is 0 Å². The summed E-state index contributed by atoms with van der Waals surface area (Å²) in [7, 11) is 0. The topological polar surface area (TPSA) is 67.6 Å². The molecular formula is C10H10F2N4. The summed E-state index contributed by atoms with van der Waals surface area (Å²) in [4.78, 5) is 4.11. The summed E-state index contributed by atoms with van der Waals surface area (Å²) in [6.45, 7) is 0.451. The molecule has 16 heavy (non-hydrogen) atoms. The van der Waals surface area contributed by atoms with Crippen molar-refractivity contribution in [2.75, 3.05) is 6.54 Å². The molecule has 0 saturated carbocycles. The maximum atomic E-state index is 13.0. The maximum absolute atomic E-state index is 13.0. The lowest BCUT2D eigenvalue weighted by atomic mass is 10.2. The van der Waals surface area contributed by atoms with E-state index >= 15 is 0 Å². The van der Waals surface area contributed by atoms with Gasteiger partial charge >= 0.3 is 0 Å². The zero-order valence-electron chi connectivity index (χ0n) is 8.37. The van der Waals surface area contributed by atoms with Crippen LogP contribution in [-0.2, 0) is 6.42 Å². The number of rotatable bonds is 3. The molecule has 0 fully saturated rings. The number of nitrogens with zero attached hydrogens (tertiary/aromatic N) is 2. The summed E-state index contributed by atoms with van der Waals surface area (Å²) in [6, 6.07) is 3.53. The molecule has 2 rings (SSSR count). The molecule has 6 heteroatoms. The molecular weight excluding hydrogens is 214 g/mol. The van der Waals surface area contributed by atoms with Crippen LogP contribution in [0.5, 0.6) is 0 Å². The van der Waals surface area contributed by atoms with E-state index in [1.807, 2.05) is 0 Å². The second-order valence-electron chi connectivity index (χ2n) is 3.27. The molecule has 1 aromatic heterocycles. The Morgan fingerprint density at radius 1 is 1.25 bits per heavy atom. The van der Waals surface area contributed by atoms with Gasteiger partial charge < -0.3 is 5.73 Å². The van der Waals surface area contributed by atoms with Crippen molar-refractivity contribution in [1.29, 1.82) is 0 Å². The normalized spacial score (nSPS) is 10.7. The molecule has 2 aromatic rings. The number of hydrogen-bond acceptors (Lipinski definition) is 3. The van der Waals surface area contributed by atoms with E-state index < -0.39 is 11.6 Å². The van der Waals surface area contributed by atoms with E-state index in [0.29, 0.717) is 30.2 Å². The molecule has 0 aliphatic carbocycles. The number of hydrogen-bond donors (Lipinski definition) is 2. The lowest BCUT2D eigenvalue weighted by Crippen LogP contribution is -2.03. The quantitative estimate of drug-likeness (QED) is 0.824. The van der Waals surface area contributed by atoms with Gasteiger partial charge in [-0.2, -0.15) is 5.10 Å². The number of halogens is 2. The Morgan fingerprint density at radius 3 is 2.75 bits per heavy atom. The predicted octanol–water partition coefficient (Wildman–Crippen LogP) is 1.25. The van der Waals surface area contributed by atoms with E-state index in [9.17, 15) is 8.78 Å². The van der Waals surface area contributed by atoms with Gasteiger partial charge in [-0.05, 0) is 24.7 Å². The van der Waals surface area contributed by atoms with E-state index in [4.69, 9.17) is 5.73 Å². The Hall–Kier alpha value is -1.82. The molecule has 0 bridgehead atoms. The molecule has 84 valence electrons. The molecule has 0 saturated heterocycles. The Morgan fingerprint density at radius 2 is 2.06 bits per heavy atom. The second kappa shape index (κ2) is 4.36. The van der Waals surface area contributed by atoms with E-state index in [1.54, 1.807) is 0 Å². The van der Waals surface area contributed by atoms with Crippen molar-refractivity contribution in [1.82, 2.24) is 15.2 Å². The predicted molar refractivity (Wildman–Crippen MR) is 54.5 cm³/mol. The van der Waals surface area contributed by atoms with Crippen LogP contribution in [-0.4, -0.2) is 21.7 Å². The van der Waals surface area contributed by atoms with Crippen molar-refractivity contribution in [2.24, 2.45) is 5.73 Å². The third kappa shape index (κ3) is 2.06. The molecule has 0 radical (unpaired) electrons. The van der Waals surface area contributed by atoms with Gasteiger partial charge in [0, 0.05) is 12.0 Å². The fourth-order valence-electron chi connectivity index (χ4n) is 1.31. The largest absolute Gasteiger partial charge is 0.330 e. The minimum atomic E-state index is -0.914. The van der Waals surface area contributed by atoms with E-state index in [2.05, 4.69) is 15.2 Å². The van der Waals surface area contributed by atoms with Crippen LogP contribution in [0.3, 0.4) is 0 Å². The van der Waals surface area contributed by atoms with Crippen LogP contribution in [0.25, 0.3) is 11.4 Å². The van der Waals surface area contributed by atoms with E-state index in [0.717, 1.165) is 12.1 Å². The van der Waals surface area contributed by atoms with Gasteiger partial charge in [-0.15, -0.1) is 0 Å².